The molecule has 0 unspecified atom stereocenters. The number of carbonyl (C=O) groups is 1. The zero-order valence-electron chi connectivity index (χ0n) is 27.9. The van der Waals surface area contributed by atoms with E-state index in [0.29, 0.717) is 36.8 Å². The van der Waals surface area contributed by atoms with Crippen molar-refractivity contribution >= 4 is 28.8 Å². The van der Waals surface area contributed by atoms with Crippen LogP contribution in [-0.2, 0) is 33.7 Å². The average molecular weight is 658 g/mol. The standard InChI is InChI=1S/C38H47N3O5S/c1-5-7-22-44-23-24-45-35-14-8-30(9-15-35)31-10-18-37(46-29(3)4)32(26-31)11-19-38(42)40-33-12-16-36(17-13-33)47(43)25-20-34-27-39-28-41(34)21-6-2/h8-19,26-29H,5-7,20-25H2,1-4H3,(H,40,42)/b19-11+/t47-/m0/s1. The number of benzene rings is 3. The number of hydrogen-bond donors (Lipinski definition) is 1. The number of aryl methyl sites for hydroxylation is 2. The molecule has 0 aliphatic rings. The highest BCUT2D eigenvalue weighted by molar-refractivity contribution is 7.91. The van der Waals surface area contributed by atoms with E-state index in [-0.39, 0.29) is 12.0 Å². The first-order valence-electron chi connectivity index (χ1n) is 16.4. The number of aromatic nitrogens is 2. The highest BCUT2D eigenvalue weighted by Gasteiger charge is 2.14. The third-order valence-electron chi connectivity index (χ3n) is 7.30. The van der Waals surface area contributed by atoms with Crippen molar-refractivity contribution in [3.63, 3.8) is 0 Å². The molecule has 0 fully saturated rings. The van der Waals surface area contributed by atoms with E-state index in [0.717, 1.165) is 65.4 Å². The van der Waals surface area contributed by atoms with Crippen LogP contribution in [0.5, 0.6) is 11.5 Å². The van der Waals surface area contributed by atoms with Gasteiger partial charge in [-0.3, -0.25) is 4.79 Å². The summed E-state index contributed by atoms with van der Waals surface area (Å²) in [5.74, 6) is 1.72. The minimum absolute atomic E-state index is 0.0215. The van der Waals surface area contributed by atoms with Crippen LogP contribution in [0.1, 0.15) is 58.2 Å². The van der Waals surface area contributed by atoms with Crippen LogP contribution in [0.4, 0.5) is 5.69 Å². The normalized spacial score (nSPS) is 12.0. The van der Waals surface area contributed by atoms with Gasteiger partial charge in [0, 0.05) is 48.8 Å². The Morgan fingerprint density at radius 2 is 1.74 bits per heavy atom. The predicted octanol–water partition coefficient (Wildman–Crippen LogP) is 7.95. The maximum Gasteiger partial charge on any atom is 0.248 e. The molecule has 4 rings (SSSR count). The fourth-order valence-electron chi connectivity index (χ4n) is 4.88. The highest BCUT2D eigenvalue weighted by Crippen LogP contribution is 2.30. The Labute approximate surface area is 282 Å². The largest absolute Gasteiger partial charge is 0.611 e. The van der Waals surface area contributed by atoms with Crippen LogP contribution in [-0.4, -0.2) is 51.7 Å². The van der Waals surface area contributed by atoms with Gasteiger partial charge >= 0.3 is 0 Å². The fraction of sp³-hybridized carbons (Fsp3) is 0.368. The molecule has 4 aromatic rings. The molecule has 9 heteroatoms. The molecule has 1 atom stereocenters. The Morgan fingerprint density at radius 1 is 0.979 bits per heavy atom. The SMILES string of the molecule is CCCCOCCOc1ccc(-c2ccc(OC(C)C)c(/C=C/C(=O)Nc3ccc([S@@+]([O-])CCc4cncn4CCC)cc3)c2)cc1. The quantitative estimate of drug-likeness (QED) is 0.0625. The van der Waals surface area contributed by atoms with Gasteiger partial charge in [0.25, 0.3) is 0 Å². The molecule has 1 heterocycles. The van der Waals surface area contributed by atoms with Gasteiger partial charge in [0.05, 0.1) is 19.0 Å². The van der Waals surface area contributed by atoms with E-state index in [9.17, 15) is 9.35 Å². The first-order valence-corrected chi connectivity index (χ1v) is 17.8. The molecule has 0 aliphatic heterocycles. The highest BCUT2D eigenvalue weighted by atomic mass is 32.2. The van der Waals surface area contributed by atoms with Crippen LogP contribution < -0.4 is 14.8 Å². The molecular formula is C38H47N3O5S. The minimum Gasteiger partial charge on any atom is -0.611 e. The number of anilines is 1. The number of hydrogen-bond acceptors (Lipinski definition) is 6. The van der Waals surface area contributed by atoms with Gasteiger partial charge in [-0.15, -0.1) is 0 Å². The summed E-state index contributed by atoms with van der Waals surface area (Å²) in [5.41, 5.74) is 4.53. The van der Waals surface area contributed by atoms with Crippen molar-refractivity contribution in [2.45, 2.75) is 70.9 Å². The Hall–Kier alpha value is -4.05. The third-order valence-corrected chi connectivity index (χ3v) is 8.68. The maximum absolute atomic E-state index is 12.9. The van der Waals surface area contributed by atoms with E-state index in [2.05, 4.69) is 28.7 Å². The monoisotopic (exact) mass is 657 g/mol. The summed E-state index contributed by atoms with van der Waals surface area (Å²) in [7, 11) is 0. The second kappa shape index (κ2) is 18.9. The predicted molar refractivity (Wildman–Crippen MR) is 190 cm³/mol. The lowest BCUT2D eigenvalue weighted by Crippen LogP contribution is -2.12. The van der Waals surface area contributed by atoms with Crippen LogP contribution in [0.2, 0.25) is 0 Å². The lowest BCUT2D eigenvalue weighted by molar-refractivity contribution is -0.111. The summed E-state index contributed by atoms with van der Waals surface area (Å²) >= 11 is -1.15. The number of unbranched alkanes of at least 4 members (excludes halogenated alkanes) is 1. The molecule has 0 saturated carbocycles. The van der Waals surface area contributed by atoms with Gasteiger partial charge in [0.1, 0.15) is 23.9 Å². The third kappa shape index (κ3) is 11.6. The maximum atomic E-state index is 12.9. The number of amides is 1. The molecule has 1 N–H and O–H groups in total. The number of ether oxygens (including phenoxy) is 3. The lowest BCUT2D eigenvalue weighted by Gasteiger charge is -2.14. The zero-order chi connectivity index (χ0) is 33.4. The van der Waals surface area contributed by atoms with Gasteiger partial charge in [-0.25, -0.2) is 4.98 Å². The molecule has 8 nitrogen and oxygen atoms in total. The average Bonchev–Trinajstić information content (AvgIpc) is 3.52. The first-order chi connectivity index (χ1) is 22.9. The molecule has 1 amide bonds. The summed E-state index contributed by atoms with van der Waals surface area (Å²) < 4.78 is 32.4. The Kier molecular flexibility index (Phi) is 14.4. The van der Waals surface area contributed by atoms with Gasteiger partial charge in [0.15, 0.2) is 4.90 Å². The second-order valence-electron chi connectivity index (χ2n) is 11.5. The molecule has 3 aromatic carbocycles. The fourth-order valence-corrected chi connectivity index (χ4v) is 5.95. The van der Waals surface area contributed by atoms with E-state index >= 15 is 0 Å². The van der Waals surface area contributed by atoms with Gasteiger partial charge in [-0.2, -0.15) is 0 Å². The van der Waals surface area contributed by atoms with Crippen molar-refractivity contribution in [3.05, 3.63) is 96.6 Å². The molecule has 47 heavy (non-hydrogen) atoms. The van der Waals surface area contributed by atoms with E-state index in [4.69, 9.17) is 14.2 Å². The summed E-state index contributed by atoms with van der Waals surface area (Å²) in [6, 6.07) is 21.1. The minimum atomic E-state index is -1.15. The van der Waals surface area contributed by atoms with Gasteiger partial charge in [0.2, 0.25) is 5.91 Å². The first kappa shape index (κ1) is 35.8. The van der Waals surface area contributed by atoms with Gasteiger partial charge in [-0.05, 0) is 104 Å². The van der Waals surface area contributed by atoms with Crippen LogP contribution in [0.15, 0.2) is 90.2 Å². The van der Waals surface area contributed by atoms with Crippen LogP contribution in [0.3, 0.4) is 0 Å². The van der Waals surface area contributed by atoms with E-state index in [1.165, 1.54) is 6.08 Å². The van der Waals surface area contributed by atoms with Crippen LogP contribution >= 0.6 is 0 Å². The molecule has 0 spiro atoms. The van der Waals surface area contributed by atoms with Crippen LogP contribution in [0.25, 0.3) is 17.2 Å². The molecule has 0 radical (unpaired) electrons. The second-order valence-corrected chi connectivity index (χ2v) is 13.1. The number of nitrogens with zero attached hydrogens (tertiary/aromatic N) is 2. The summed E-state index contributed by atoms with van der Waals surface area (Å²) in [4.78, 5) is 17.8. The van der Waals surface area contributed by atoms with E-state index in [1.807, 2.05) is 68.8 Å². The topological polar surface area (TPSA) is 97.7 Å². The Bertz CT molecular complexity index is 1550. The van der Waals surface area contributed by atoms with E-state index in [1.54, 1.807) is 30.3 Å². The number of rotatable bonds is 19. The summed E-state index contributed by atoms with van der Waals surface area (Å²) in [6.07, 6.45) is 10.8. The van der Waals surface area contributed by atoms with Crippen molar-refractivity contribution in [2.24, 2.45) is 0 Å². The Balaban J connectivity index is 1.35. The molecule has 0 aliphatic carbocycles. The lowest BCUT2D eigenvalue weighted by atomic mass is 10.0. The molecule has 0 bridgehead atoms. The number of nitrogens with one attached hydrogen (secondary N) is 1. The Morgan fingerprint density at radius 3 is 2.47 bits per heavy atom. The van der Waals surface area contributed by atoms with Crippen molar-refractivity contribution in [1.29, 1.82) is 0 Å². The molecular weight excluding hydrogens is 611 g/mol. The summed E-state index contributed by atoms with van der Waals surface area (Å²) in [5, 5.41) is 2.90. The number of imidazole rings is 1. The summed E-state index contributed by atoms with van der Waals surface area (Å²) in [6.45, 7) is 11.0. The molecule has 250 valence electrons. The zero-order valence-corrected chi connectivity index (χ0v) is 28.8. The number of carbonyl (C=O) groups excluding carboxylic acids is 1. The van der Waals surface area contributed by atoms with Crippen molar-refractivity contribution < 1.29 is 23.6 Å². The van der Waals surface area contributed by atoms with E-state index < -0.39 is 11.2 Å². The molecule has 1 aromatic heterocycles. The van der Waals surface area contributed by atoms with Crippen molar-refractivity contribution in [1.82, 2.24) is 9.55 Å². The van der Waals surface area contributed by atoms with Gasteiger partial charge in [-0.1, -0.05) is 38.5 Å². The van der Waals surface area contributed by atoms with Crippen molar-refractivity contribution in [3.8, 4) is 22.6 Å². The van der Waals surface area contributed by atoms with Gasteiger partial charge < -0.3 is 28.6 Å². The van der Waals surface area contributed by atoms with Crippen molar-refractivity contribution in [2.75, 3.05) is 30.9 Å². The molecule has 0 saturated heterocycles. The van der Waals surface area contributed by atoms with Crippen LogP contribution in [0, 0.1) is 0 Å². The smallest absolute Gasteiger partial charge is 0.248 e.